The number of pyridine rings is 2. The molecule has 0 atom stereocenters. The van der Waals surface area contributed by atoms with Crippen LogP contribution in [0.3, 0.4) is 0 Å². The molecule has 1 aliphatic carbocycles. The summed E-state index contributed by atoms with van der Waals surface area (Å²) in [5.41, 5.74) is 3.48. The molecule has 2 aliphatic heterocycles. The Morgan fingerprint density at radius 3 is 2.48 bits per heavy atom. The molecule has 0 bridgehead atoms. The number of anilines is 3. The Balaban J connectivity index is 1.05. The number of nitrogens with one attached hydrogen (secondary N) is 3. The predicted molar refractivity (Wildman–Crippen MR) is 181 cm³/mol. The van der Waals surface area contributed by atoms with E-state index in [2.05, 4.69) is 48.1 Å². The van der Waals surface area contributed by atoms with Crippen LogP contribution >= 0.6 is 11.9 Å². The molecular weight excluding hydrogens is 604 g/mol. The van der Waals surface area contributed by atoms with Gasteiger partial charge in [-0.2, -0.15) is 0 Å². The number of ether oxygens (including phenoxy) is 3. The first kappa shape index (κ1) is 32.1. The second-order valence-corrected chi connectivity index (χ2v) is 13.6. The third-order valence-electron chi connectivity index (χ3n) is 8.43. The van der Waals surface area contributed by atoms with Crippen molar-refractivity contribution in [2.24, 2.45) is 0 Å². The summed E-state index contributed by atoms with van der Waals surface area (Å²) in [6.07, 6.45) is 14.0. The number of carbonyl (C=O) groups excluding carboxylic acids is 1. The van der Waals surface area contributed by atoms with E-state index in [9.17, 15) is 4.79 Å². The monoisotopic (exact) mass is 649 g/mol. The third kappa shape index (κ3) is 8.11. The number of nitrogens with zero attached hydrogens (tertiary/aromatic N) is 5. The fraction of sp³-hybridized carbons (Fsp3) is 0.545. The first-order chi connectivity index (χ1) is 22.2. The summed E-state index contributed by atoms with van der Waals surface area (Å²) in [7, 11) is 0. The van der Waals surface area contributed by atoms with Gasteiger partial charge in [0.25, 0.3) is 11.7 Å². The van der Waals surface area contributed by atoms with Crippen LogP contribution in [-0.4, -0.2) is 89.3 Å². The molecule has 13 heteroatoms. The molecule has 1 saturated heterocycles. The highest BCUT2D eigenvalue weighted by molar-refractivity contribution is 7.99. The van der Waals surface area contributed by atoms with Crippen LogP contribution < -0.4 is 24.7 Å². The predicted octanol–water partition coefficient (Wildman–Crippen LogP) is 5.19. The maximum Gasteiger partial charge on any atom is 0.410 e. The summed E-state index contributed by atoms with van der Waals surface area (Å²) in [6, 6.07) is 4.48. The van der Waals surface area contributed by atoms with Gasteiger partial charge in [-0.25, -0.2) is 19.7 Å². The second kappa shape index (κ2) is 14.3. The van der Waals surface area contributed by atoms with Crippen LogP contribution in [0.1, 0.15) is 58.4 Å². The average Bonchev–Trinajstić information content (AvgIpc) is 3.06. The first-order valence-electron chi connectivity index (χ1n) is 16.1. The Bertz CT molecular complexity index is 1530. The Kier molecular flexibility index (Phi) is 9.98. The topological polar surface area (TPSA) is 128 Å². The minimum Gasteiger partial charge on any atom is -0.459 e. The van der Waals surface area contributed by atoms with Gasteiger partial charge in [0.2, 0.25) is 5.95 Å². The number of morpholine rings is 1. The molecule has 1 saturated carbocycles. The van der Waals surface area contributed by atoms with Gasteiger partial charge in [-0.1, -0.05) is 18.0 Å². The summed E-state index contributed by atoms with van der Waals surface area (Å²) >= 11 is 1.54. The minimum atomic E-state index is -0.500. The lowest BCUT2D eigenvalue weighted by Crippen LogP contribution is -2.40. The van der Waals surface area contributed by atoms with Crippen LogP contribution in [0.2, 0.25) is 0 Å². The molecule has 1 amide bonds. The maximum absolute atomic E-state index is 12.4. The third-order valence-corrected chi connectivity index (χ3v) is 8.87. The lowest BCUT2D eigenvalue weighted by atomic mass is 9.93. The average molecular weight is 650 g/mol. The van der Waals surface area contributed by atoms with Crippen LogP contribution in [0.15, 0.2) is 36.8 Å². The summed E-state index contributed by atoms with van der Waals surface area (Å²) in [6.45, 7) is 9.87. The van der Waals surface area contributed by atoms with Crippen molar-refractivity contribution in [3.8, 4) is 5.88 Å². The number of aromatic nitrogens is 4. The highest BCUT2D eigenvalue weighted by Gasteiger charge is 2.28. The largest absolute Gasteiger partial charge is 0.459 e. The van der Waals surface area contributed by atoms with Crippen LogP contribution in [0.25, 0.3) is 16.5 Å². The van der Waals surface area contributed by atoms with Crippen molar-refractivity contribution in [3.63, 3.8) is 0 Å². The zero-order valence-corrected chi connectivity index (χ0v) is 28.0. The molecule has 3 aromatic heterocycles. The standard InChI is InChI=1S/C33H44N8O4S/c1-33(2,3)45-32(42)41-11-9-22(10-12-41)23-19-35-31(36-20-23)37-24-5-7-26(8-6-24)44-30-27-17-25(39-46-4)21-34-28(27)18-29(38-30)40-13-15-43-16-14-40/h9,17-21,24,26,39H,5-8,10-16H2,1-4H3,(H,35,36,37)/p+1. The van der Waals surface area contributed by atoms with Gasteiger partial charge < -0.3 is 29.1 Å². The Hall–Kier alpha value is -3.84. The van der Waals surface area contributed by atoms with Gasteiger partial charge in [-0.3, -0.25) is 9.88 Å². The highest BCUT2D eigenvalue weighted by atomic mass is 32.2. The number of hydrogen-bond acceptors (Lipinski definition) is 11. The van der Waals surface area contributed by atoms with E-state index in [1.807, 2.05) is 45.6 Å². The molecular formula is C33H45N8O4S+. The molecule has 0 aromatic carbocycles. The number of H-pyrrole nitrogens is 1. The van der Waals surface area contributed by atoms with Crippen molar-refractivity contribution in [1.82, 2.24) is 19.9 Å². The SMILES string of the molecule is CSNc1cnc2cc(N3CCOCC3)[nH+]c(OC3CCC(Nc4ncc(C5=CCN(C(=O)OC(C)(C)C)CC5)cn4)CC3)c2c1. The number of amides is 1. The fourth-order valence-electron chi connectivity index (χ4n) is 6.03. The Morgan fingerprint density at radius 2 is 1.80 bits per heavy atom. The molecule has 46 heavy (non-hydrogen) atoms. The second-order valence-electron chi connectivity index (χ2n) is 13.0. The van der Waals surface area contributed by atoms with Crippen LogP contribution in [-0.2, 0) is 9.47 Å². The fourth-order valence-corrected chi connectivity index (χ4v) is 6.38. The van der Waals surface area contributed by atoms with Crippen molar-refractivity contribution in [2.45, 2.75) is 70.6 Å². The molecule has 3 aliphatic rings. The van der Waals surface area contributed by atoms with E-state index < -0.39 is 5.60 Å². The Labute approximate surface area is 274 Å². The van der Waals surface area contributed by atoms with Crippen molar-refractivity contribution >= 4 is 52.0 Å². The van der Waals surface area contributed by atoms with E-state index in [1.165, 1.54) is 0 Å². The molecule has 0 unspecified atom stereocenters. The lowest BCUT2D eigenvalue weighted by Gasteiger charge is -2.30. The van der Waals surface area contributed by atoms with Crippen molar-refractivity contribution in [1.29, 1.82) is 0 Å². The molecule has 0 spiro atoms. The number of rotatable bonds is 8. The van der Waals surface area contributed by atoms with Crippen LogP contribution in [0.4, 0.5) is 22.2 Å². The molecule has 246 valence electrons. The quantitative estimate of drug-likeness (QED) is 0.313. The highest BCUT2D eigenvalue weighted by Crippen LogP contribution is 2.31. The first-order valence-corrected chi connectivity index (χ1v) is 17.4. The molecule has 3 aromatic rings. The molecule has 6 rings (SSSR count). The smallest absolute Gasteiger partial charge is 0.410 e. The zero-order chi connectivity index (χ0) is 32.1. The summed E-state index contributed by atoms with van der Waals surface area (Å²) < 4.78 is 21.0. The van der Waals surface area contributed by atoms with Gasteiger partial charge in [0.05, 0.1) is 42.1 Å². The van der Waals surface area contributed by atoms with E-state index in [-0.39, 0.29) is 18.2 Å². The normalized spacial score (nSPS) is 20.7. The minimum absolute atomic E-state index is 0.0939. The van der Waals surface area contributed by atoms with Gasteiger partial charge in [0.1, 0.15) is 24.8 Å². The number of carbonyl (C=O) groups is 1. The van der Waals surface area contributed by atoms with E-state index in [4.69, 9.17) is 19.2 Å². The van der Waals surface area contributed by atoms with E-state index >= 15 is 0 Å². The summed E-state index contributed by atoms with van der Waals surface area (Å²) in [5.74, 6) is 2.40. The molecule has 3 N–H and O–H groups in total. The Morgan fingerprint density at radius 1 is 1.04 bits per heavy atom. The van der Waals surface area contributed by atoms with E-state index in [0.29, 0.717) is 32.3 Å². The van der Waals surface area contributed by atoms with Gasteiger partial charge in [0.15, 0.2) is 0 Å². The number of fused-ring (bicyclic) bond motifs is 1. The van der Waals surface area contributed by atoms with Crippen molar-refractivity contribution in [3.05, 3.63) is 42.4 Å². The zero-order valence-electron chi connectivity index (χ0n) is 27.2. The van der Waals surface area contributed by atoms with Gasteiger partial charge >= 0.3 is 6.09 Å². The van der Waals surface area contributed by atoms with Crippen molar-refractivity contribution in [2.75, 3.05) is 60.6 Å². The van der Waals surface area contributed by atoms with Crippen LogP contribution in [0.5, 0.6) is 5.88 Å². The van der Waals surface area contributed by atoms with Crippen molar-refractivity contribution < 1.29 is 24.0 Å². The number of aromatic amines is 1. The van der Waals surface area contributed by atoms with E-state index in [1.54, 1.807) is 16.8 Å². The summed E-state index contributed by atoms with van der Waals surface area (Å²) in [4.78, 5) is 34.0. The lowest BCUT2D eigenvalue weighted by molar-refractivity contribution is -0.382. The molecule has 2 fully saturated rings. The van der Waals surface area contributed by atoms with Gasteiger partial charge in [-0.05, 0) is 64.5 Å². The molecule has 12 nitrogen and oxygen atoms in total. The summed E-state index contributed by atoms with van der Waals surface area (Å²) in [5, 5.41) is 4.50. The maximum atomic E-state index is 12.4. The van der Waals surface area contributed by atoms with Gasteiger partial charge in [0, 0.05) is 43.3 Å². The molecule has 0 radical (unpaired) electrons. The molecule has 5 heterocycles. The van der Waals surface area contributed by atoms with Gasteiger partial charge in [-0.15, -0.1) is 0 Å². The van der Waals surface area contributed by atoms with E-state index in [0.717, 1.165) is 84.6 Å². The number of hydrogen-bond donors (Lipinski definition) is 2. The van der Waals surface area contributed by atoms with Crippen LogP contribution in [0, 0.1) is 0 Å².